The summed E-state index contributed by atoms with van der Waals surface area (Å²) in [5.74, 6) is -3.64. The fraction of sp³-hybridized carbons (Fsp3) is 0.400. The third kappa shape index (κ3) is 4.90. The van der Waals surface area contributed by atoms with Crippen LogP contribution in [0.15, 0.2) is 48.7 Å². The smallest absolute Gasteiger partial charge is 0.228 e. The van der Waals surface area contributed by atoms with Crippen molar-refractivity contribution in [3.05, 3.63) is 83.1 Å². The number of nitrogens with one attached hydrogen (secondary N) is 1. The summed E-state index contributed by atoms with van der Waals surface area (Å²) in [6.45, 7) is 7.86. The lowest BCUT2D eigenvalue weighted by Crippen LogP contribution is -2.40. The van der Waals surface area contributed by atoms with Gasteiger partial charge in [0.1, 0.15) is 23.3 Å². The molecule has 4 nitrogen and oxygen atoms in total. The number of hydrogen-bond acceptors (Lipinski definition) is 3. The molecule has 0 spiro atoms. The van der Waals surface area contributed by atoms with E-state index in [0.29, 0.717) is 50.3 Å². The van der Waals surface area contributed by atoms with Gasteiger partial charge in [0.05, 0.1) is 5.92 Å². The minimum Gasteiger partial charge on any atom is -0.374 e. The summed E-state index contributed by atoms with van der Waals surface area (Å²) in [6, 6.07) is 6.63. The Labute approximate surface area is 190 Å². The molecule has 3 atom stereocenters. The summed E-state index contributed by atoms with van der Waals surface area (Å²) in [4.78, 5) is 17.2. The molecule has 1 N–H and O–H groups in total. The van der Waals surface area contributed by atoms with Crippen molar-refractivity contribution in [3.8, 4) is 0 Å². The molecule has 176 valence electrons. The van der Waals surface area contributed by atoms with Crippen LogP contribution in [-0.2, 0) is 4.79 Å². The molecule has 0 radical (unpaired) electrons. The molecule has 4 rings (SSSR count). The van der Waals surface area contributed by atoms with Gasteiger partial charge in [-0.05, 0) is 31.0 Å². The molecule has 2 saturated heterocycles. The van der Waals surface area contributed by atoms with Crippen LogP contribution in [0.25, 0.3) is 0 Å². The van der Waals surface area contributed by atoms with E-state index in [1.165, 1.54) is 24.3 Å². The van der Waals surface area contributed by atoms with Crippen LogP contribution >= 0.6 is 0 Å². The SMILES string of the molecule is C=C(C)N1C[C@@H](C(=O)N2CCNC(c3ccc(F)cc3F)CC2)[C@H](c2ccc(F)cc2F)C1. The van der Waals surface area contributed by atoms with Gasteiger partial charge in [0, 0.05) is 68.1 Å². The number of carbonyl (C=O) groups is 1. The van der Waals surface area contributed by atoms with Crippen molar-refractivity contribution in [1.82, 2.24) is 15.1 Å². The predicted molar refractivity (Wildman–Crippen MR) is 117 cm³/mol. The first-order valence-corrected chi connectivity index (χ1v) is 11.1. The van der Waals surface area contributed by atoms with Gasteiger partial charge in [-0.15, -0.1) is 0 Å². The van der Waals surface area contributed by atoms with Gasteiger partial charge in [-0.25, -0.2) is 17.6 Å². The van der Waals surface area contributed by atoms with Crippen LogP contribution in [0, 0.1) is 29.2 Å². The van der Waals surface area contributed by atoms with Gasteiger partial charge in [0.15, 0.2) is 0 Å². The van der Waals surface area contributed by atoms with Crippen LogP contribution < -0.4 is 5.32 Å². The maximum Gasteiger partial charge on any atom is 0.228 e. The molecule has 2 heterocycles. The van der Waals surface area contributed by atoms with E-state index in [4.69, 9.17) is 0 Å². The molecule has 0 aliphatic carbocycles. The third-order valence-electron chi connectivity index (χ3n) is 6.65. The molecule has 33 heavy (non-hydrogen) atoms. The number of halogens is 4. The fourth-order valence-electron chi connectivity index (χ4n) is 4.86. The highest BCUT2D eigenvalue weighted by atomic mass is 19.1. The van der Waals surface area contributed by atoms with E-state index >= 15 is 0 Å². The van der Waals surface area contributed by atoms with E-state index in [-0.39, 0.29) is 11.9 Å². The van der Waals surface area contributed by atoms with Gasteiger partial charge in [-0.1, -0.05) is 18.7 Å². The highest BCUT2D eigenvalue weighted by Crippen LogP contribution is 2.37. The zero-order valence-corrected chi connectivity index (χ0v) is 18.5. The normalized spacial score (nSPS) is 23.5. The summed E-state index contributed by atoms with van der Waals surface area (Å²) in [5.41, 5.74) is 1.46. The van der Waals surface area contributed by atoms with E-state index in [1.54, 1.807) is 4.90 Å². The number of rotatable bonds is 4. The van der Waals surface area contributed by atoms with Crippen LogP contribution in [0.3, 0.4) is 0 Å². The Hall–Kier alpha value is -2.87. The Balaban J connectivity index is 1.53. The van der Waals surface area contributed by atoms with Crippen molar-refractivity contribution in [2.24, 2.45) is 5.92 Å². The van der Waals surface area contributed by atoms with Crippen molar-refractivity contribution in [3.63, 3.8) is 0 Å². The highest BCUT2D eigenvalue weighted by molar-refractivity contribution is 5.81. The monoisotopic (exact) mass is 461 g/mol. The quantitative estimate of drug-likeness (QED) is 0.688. The first-order chi connectivity index (χ1) is 15.7. The molecule has 2 aromatic carbocycles. The van der Waals surface area contributed by atoms with Crippen molar-refractivity contribution >= 4 is 5.91 Å². The molecular formula is C25H27F4N3O. The zero-order valence-electron chi connectivity index (χ0n) is 18.5. The predicted octanol–water partition coefficient (Wildman–Crippen LogP) is 4.36. The average molecular weight is 462 g/mol. The fourth-order valence-corrected chi connectivity index (χ4v) is 4.86. The lowest BCUT2D eigenvalue weighted by molar-refractivity contribution is -0.135. The third-order valence-corrected chi connectivity index (χ3v) is 6.65. The van der Waals surface area contributed by atoms with Crippen LogP contribution in [0.5, 0.6) is 0 Å². The molecule has 8 heteroatoms. The Morgan fingerprint density at radius 1 is 0.939 bits per heavy atom. The molecule has 2 aliphatic rings. The van der Waals surface area contributed by atoms with Gasteiger partial charge in [0.25, 0.3) is 0 Å². The second-order valence-electron chi connectivity index (χ2n) is 8.81. The number of allylic oxidation sites excluding steroid dienone is 1. The first kappa shape index (κ1) is 23.3. The second-order valence-corrected chi connectivity index (χ2v) is 8.81. The molecule has 1 unspecified atom stereocenters. The van der Waals surface area contributed by atoms with Crippen molar-refractivity contribution in [2.75, 3.05) is 32.7 Å². The van der Waals surface area contributed by atoms with Crippen molar-refractivity contribution < 1.29 is 22.4 Å². The van der Waals surface area contributed by atoms with Crippen LogP contribution in [0.4, 0.5) is 17.6 Å². The Morgan fingerprint density at radius 2 is 1.58 bits per heavy atom. The second kappa shape index (κ2) is 9.55. The van der Waals surface area contributed by atoms with Gasteiger partial charge in [0.2, 0.25) is 5.91 Å². The Bertz CT molecular complexity index is 1060. The Morgan fingerprint density at radius 3 is 2.18 bits per heavy atom. The molecule has 2 fully saturated rings. The van der Waals surface area contributed by atoms with Crippen LogP contribution in [0.1, 0.15) is 36.4 Å². The standard InChI is InChI=1S/C25H27F4N3O/c1-15(2)32-13-20(18-5-3-16(26)11-22(18)28)21(14-32)25(33)31-9-7-24(30-8-10-31)19-6-4-17(27)12-23(19)29/h3-6,11-12,20-21,24,30H,1,7-10,13-14H2,2H3/t20-,21+,24?/m0/s1. The molecule has 2 aliphatic heterocycles. The molecular weight excluding hydrogens is 434 g/mol. The van der Waals surface area contributed by atoms with E-state index < -0.39 is 35.1 Å². The maximum atomic E-state index is 14.6. The van der Waals surface area contributed by atoms with E-state index in [9.17, 15) is 22.4 Å². The molecule has 0 aromatic heterocycles. The summed E-state index contributed by atoms with van der Waals surface area (Å²) in [5, 5.41) is 3.24. The number of hydrogen-bond donors (Lipinski definition) is 1. The number of nitrogens with zero attached hydrogens (tertiary/aromatic N) is 2. The molecule has 0 saturated carbocycles. The molecule has 0 bridgehead atoms. The average Bonchev–Trinajstić information content (AvgIpc) is 3.05. The Kier molecular flexibility index (Phi) is 6.74. The van der Waals surface area contributed by atoms with E-state index in [1.807, 2.05) is 11.8 Å². The van der Waals surface area contributed by atoms with E-state index in [2.05, 4.69) is 11.9 Å². The van der Waals surface area contributed by atoms with Crippen LogP contribution in [0.2, 0.25) is 0 Å². The molecule has 1 amide bonds. The molecule has 2 aromatic rings. The van der Waals surface area contributed by atoms with Gasteiger partial charge >= 0.3 is 0 Å². The van der Waals surface area contributed by atoms with Gasteiger partial charge in [-0.3, -0.25) is 4.79 Å². The van der Waals surface area contributed by atoms with Gasteiger partial charge < -0.3 is 15.1 Å². The first-order valence-electron chi connectivity index (χ1n) is 11.1. The maximum absolute atomic E-state index is 14.6. The summed E-state index contributed by atoms with van der Waals surface area (Å²) in [7, 11) is 0. The lowest BCUT2D eigenvalue weighted by Gasteiger charge is -2.27. The topological polar surface area (TPSA) is 35.6 Å². The van der Waals surface area contributed by atoms with Crippen LogP contribution in [-0.4, -0.2) is 48.4 Å². The van der Waals surface area contributed by atoms with Crippen molar-refractivity contribution in [1.29, 1.82) is 0 Å². The summed E-state index contributed by atoms with van der Waals surface area (Å²) < 4.78 is 55.6. The summed E-state index contributed by atoms with van der Waals surface area (Å²) in [6.07, 6.45) is 0.459. The minimum atomic E-state index is -0.661. The summed E-state index contributed by atoms with van der Waals surface area (Å²) >= 11 is 0. The highest BCUT2D eigenvalue weighted by Gasteiger charge is 2.41. The number of likely N-dealkylation sites (tertiary alicyclic amines) is 1. The number of benzene rings is 2. The minimum absolute atomic E-state index is 0.116. The van der Waals surface area contributed by atoms with Crippen molar-refractivity contribution in [2.45, 2.75) is 25.3 Å². The zero-order chi connectivity index (χ0) is 23.7. The lowest BCUT2D eigenvalue weighted by atomic mass is 9.87. The largest absolute Gasteiger partial charge is 0.374 e. The number of amides is 1. The van der Waals surface area contributed by atoms with Gasteiger partial charge in [-0.2, -0.15) is 0 Å². The van der Waals surface area contributed by atoms with E-state index in [0.717, 1.165) is 17.8 Å². The number of carbonyl (C=O) groups excluding carboxylic acids is 1.